The van der Waals surface area contributed by atoms with Crippen molar-refractivity contribution in [3.8, 4) is 0 Å². The van der Waals surface area contributed by atoms with E-state index in [9.17, 15) is 13.2 Å². The van der Waals surface area contributed by atoms with E-state index in [0.29, 0.717) is 5.56 Å². The van der Waals surface area contributed by atoms with Gasteiger partial charge in [-0.2, -0.15) is 0 Å². The molecule has 0 amide bonds. The zero-order valence-corrected chi connectivity index (χ0v) is 13.1. The lowest BCUT2D eigenvalue weighted by molar-refractivity contribution is 0.0697. The molecule has 0 atom stereocenters. The molecule has 6 nitrogen and oxygen atoms in total. The Morgan fingerprint density at radius 1 is 1.35 bits per heavy atom. The van der Waals surface area contributed by atoms with E-state index in [-0.39, 0.29) is 16.4 Å². The predicted molar refractivity (Wildman–Crippen MR) is 79.5 cm³/mol. The minimum atomic E-state index is -3.58. The first kappa shape index (κ1) is 14.9. The van der Waals surface area contributed by atoms with Crippen LogP contribution in [0.5, 0.6) is 0 Å². The number of anilines is 1. The number of carboxylic acids is 1. The molecule has 9 heteroatoms. The van der Waals surface area contributed by atoms with Crippen molar-refractivity contribution in [2.45, 2.75) is 5.75 Å². The first-order valence-corrected chi connectivity index (χ1v) is 8.56. The van der Waals surface area contributed by atoms with Gasteiger partial charge in [0, 0.05) is 0 Å². The van der Waals surface area contributed by atoms with Crippen LogP contribution in [-0.2, 0) is 15.8 Å². The van der Waals surface area contributed by atoms with Gasteiger partial charge >= 0.3 is 5.97 Å². The molecule has 0 spiro atoms. The summed E-state index contributed by atoms with van der Waals surface area (Å²) in [6, 6.07) is 5.68. The average Bonchev–Trinajstić information content (AvgIpc) is 2.73. The molecule has 1 aromatic carbocycles. The highest BCUT2D eigenvalue weighted by Gasteiger charge is 2.14. The molecule has 1 aromatic heterocycles. The molecule has 0 saturated carbocycles. The van der Waals surface area contributed by atoms with Crippen molar-refractivity contribution in [2.24, 2.45) is 0 Å². The number of sulfonamides is 1. The summed E-state index contributed by atoms with van der Waals surface area (Å²) < 4.78 is 26.9. The van der Waals surface area contributed by atoms with Crippen molar-refractivity contribution >= 4 is 48.4 Å². The first-order chi connectivity index (χ1) is 9.35. The highest BCUT2D eigenvalue weighted by atomic mass is 79.9. The molecule has 2 N–H and O–H groups in total. The van der Waals surface area contributed by atoms with Gasteiger partial charge in [0.1, 0.15) is 0 Å². The Morgan fingerprint density at radius 3 is 2.50 bits per heavy atom. The maximum Gasteiger partial charge on any atom is 0.335 e. The van der Waals surface area contributed by atoms with Gasteiger partial charge in [-0.15, -0.1) is 0 Å². The summed E-state index contributed by atoms with van der Waals surface area (Å²) in [5.74, 6) is -1.30. The zero-order chi connectivity index (χ0) is 14.8. The van der Waals surface area contributed by atoms with Gasteiger partial charge in [-0.25, -0.2) is 18.2 Å². The monoisotopic (exact) mass is 376 g/mol. The summed E-state index contributed by atoms with van der Waals surface area (Å²) in [6.45, 7) is 0. The number of rotatable bonds is 5. The lowest BCUT2D eigenvalue weighted by atomic mass is 10.1. The molecular weight excluding hydrogens is 368 g/mol. The van der Waals surface area contributed by atoms with Crippen LogP contribution < -0.4 is 4.72 Å². The van der Waals surface area contributed by atoms with Crippen molar-refractivity contribution in [1.29, 1.82) is 0 Å². The number of hydrogen-bond acceptors (Lipinski definition) is 5. The van der Waals surface area contributed by atoms with E-state index in [2.05, 4.69) is 25.6 Å². The third-order valence-electron chi connectivity index (χ3n) is 2.28. The molecule has 2 aromatic rings. The van der Waals surface area contributed by atoms with Crippen molar-refractivity contribution in [2.75, 3.05) is 4.72 Å². The van der Waals surface area contributed by atoms with Gasteiger partial charge in [0.05, 0.1) is 21.3 Å². The highest BCUT2D eigenvalue weighted by Crippen LogP contribution is 2.24. The Bertz CT molecular complexity index is 725. The molecule has 0 aliphatic rings. The SMILES string of the molecule is O=C(O)c1ccc(CS(=O)(=O)Nc2ncc(Br)s2)cc1. The number of benzene rings is 1. The molecule has 2 rings (SSSR count). The summed E-state index contributed by atoms with van der Waals surface area (Å²) in [4.78, 5) is 14.6. The minimum Gasteiger partial charge on any atom is -0.478 e. The van der Waals surface area contributed by atoms with E-state index in [1.807, 2.05) is 0 Å². The number of thiazole rings is 1. The Balaban J connectivity index is 2.09. The molecule has 0 fully saturated rings. The third kappa shape index (κ3) is 4.02. The number of aromatic nitrogens is 1. The van der Waals surface area contributed by atoms with Crippen LogP contribution >= 0.6 is 27.3 Å². The smallest absolute Gasteiger partial charge is 0.335 e. The van der Waals surface area contributed by atoms with Crippen LogP contribution in [0.3, 0.4) is 0 Å². The lowest BCUT2D eigenvalue weighted by Crippen LogP contribution is -2.15. The summed E-state index contributed by atoms with van der Waals surface area (Å²) >= 11 is 4.36. The molecule has 0 bridgehead atoms. The van der Waals surface area contributed by atoms with Crippen LogP contribution in [0.2, 0.25) is 0 Å². The molecule has 106 valence electrons. The van der Waals surface area contributed by atoms with Crippen molar-refractivity contribution < 1.29 is 18.3 Å². The lowest BCUT2D eigenvalue weighted by Gasteiger charge is -2.05. The Kier molecular flexibility index (Phi) is 4.41. The number of aromatic carboxylic acids is 1. The van der Waals surface area contributed by atoms with Crippen LogP contribution in [0.1, 0.15) is 15.9 Å². The fourth-order valence-electron chi connectivity index (χ4n) is 1.43. The average molecular weight is 377 g/mol. The predicted octanol–water partition coefficient (Wildman–Crippen LogP) is 2.55. The number of nitrogens with one attached hydrogen (secondary N) is 1. The van der Waals surface area contributed by atoms with Crippen LogP contribution in [0, 0.1) is 0 Å². The van der Waals surface area contributed by atoms with Crippen molar-refractivity contribution in [3.63, 3.8) is 0 Å². The van der Waals surface area contributed by atoms with Crippen LogP contribution in [0.4, 0.5) is 5.13 Å². The number of halogens is 1. The van der Waals surface area contributed by atoms with E-state index >= 15 is 0 Å². The Labute approximate surface area is 127 Å². The van der Waals surface area contributed by atoms with Gasteiger partial charge in [-0.3, -0.25) is 4.72 Å². The van der Waals surface area contributed by atoms with Gasteiger partial charge < -0.3 is 5.11 Å². The zero-order valence-electron chi connectivity index (χ0n) is 9.91. The number of carboxylic acid groups (broad SMARTS) is 1. The van der Waals surface area contributed by atoms with E-state index in [0.717, 1.165) is 3.79 Å². The Hall–Kier alpha value is -1.45. The second kappa shape index (κ2) is 5.90. The molecule has 0 saturated heterocycles. The fraction of sp³-hybridized carbons (Fsp3) is 0.0909. The standard InChI is InChI=1S/C11H9BrN2O4S2/c12-9-5-13-11(19-9)14-20(17,18)6-7-1-3-8(4-2-7)10(15)16/h1-5H,6H2,(H,13,14)(H,15,16). The van der Waals surface area contributed by atoms with Gasteiger partial charge in [-0.05, 0) is 33.6 Å². The summed E-state index contributed by atoms with van der Waals surface area (Å²) in [7, 11) is -3.58. The number of carbonyl (C=O) groups is 1. The van der Waals surface area contributed by atoms with E-state index in [4.69, 9.17) is 5.11 Å². The van der Waals surface area contributed by atoms with Crippen LogP contribution in [0.25, 0.3) is 0 Å². The molecule has 0 aliphatic carbocycles. The first-order valence-electron chi connectivity index (χ1n) is 5.30. The van der Waals surface area contributed by atoms with E-state index < -0.39 is 16.0 Å². The number of hydrogen-bond donors (Lipinski definition) is 2. The van der Waals surface area contributed by atoms with Crippen molar-refractivity contribution in [3.05, 3.63) is 45.4 Å². The van der Waals surface area contributed by atoms with Gasteiger partial charge in [0.25, 0.3) is 0 Å². The van der Waals surface area contributed by atoms with Crippen LogP contribution in [0.15, 0.2) is 34.2 Å². The molecule has 0 unspecified atom stereocenters. The second-order valence-electron chi connectivity index (χ2n) is 3.83. The minimum absolute atomic E-state index is 0.114. The second-order valence-corrected chi connectivity index (χ2v) is 7.96. The fourth-order valence-corrected chi connectivity index (χ4v) is 3.96. The maximum atomic E-state index is 11.9. The van der Waals surface area contributed by atoms with Gasteiger partial charge in [0.2, 0.25) is 10.0 Å². The largest absolute Gasteiger partial charge is 0.478 e. The topological polar surface area (TPSA) is 96.4 Å². The highest BCUT2D eigenvalue weighted by molar-refractivity contribution is 9.11. The summed E-state index contributed by atoms with van der Waals surface area (Å²) in [5, 5.41) is 9.04. The quantitative estimate of drug-likeness (QED) is 0.835. The molecular formula is C11H9BrN2O4S2. The number of nitrogens with zero attached hydrogens (tertiary/aromatic N) is 1. The van der Waals surface area contributed by atoms with Gasteiger partial charge in [-0.1, -0.05) is 23.5 Å². The molecule has 20 heavy (non-hydrogen) atoms. The van der Waals surface area contributed by atoms with Crippen LogP contribution in [-0.4, -0.2) is 24.5 Å². The van der Waals surface area contributed by atoms with E-state index in [1.165, 1.54) is 41.8 Å². The maximum absolute atomic E-state index is 11.9. The normalized spacial score (nSPS) is 11.2. The molecule has 1 heterocycles. The van der Waals surface area contributed by atoms with Gasteiger partial charge in [0.15, 0.2) is 5.13 Å². The van der Waals surface area contributed by atoms with E-state index in [1.54, 1.807) is 0 Å². The third-order valence-corrected chi connectivity index (χ3v) is 5.02. The Morgan fingerprint density at radius 2 is 2.00 bits per heavy atom. The van der Waals surface area contributed by atoms with Crippen molar-refractivity contribution in [1.82, 2.24) is 4.98 Å². The summed E-state index contributed by atoms with van der Waals surface area (Å²) in [5.41, 5.74) is 0.612. The molecule has 0 radical (unpaired) electrons. The molecule has 0 aliphatic heterocycles. The summed E-state index contributed by atoms with van der Waals surface area (Å²) in [6.07, 6.45) is 1.50.